The number of oxime groups is 1. The molecule has 1 saturated carbocycles. The Kier molecular flexibility index (Phi) is 9.90. The van der Waals surface area contributed by atoms with Crippen molar-refractivity contribution in [1.82, 2.24) is 30.6 Å². The average Bonchev–Trinajstić information content (AvgIpc) is 3.52. The number of thiazole rings is 1. The zero-order valence-corrected chi connectivity index (χ0v) is 28.6. The number of β-lactam (4-membered cyclic amide) rings is 1. The summed E-state index contributed by atoms with van der Waals surface area (Å²) in [5.74, 6) is -1.99. The van der Waals surface area contributed by atoms with Gasteiger partial charge in [0.05, 0.1) is 18.8 Å². The Bertz CT molecular complexity index is 1910. The molecule has 264 valence electrons. The molecule has 51 heavy (non-hydrogen) atoms. The Morgan fingerprint density at radius 3 is 2.33 bits per heavy atom. The van der Waals surface area contributed by atoms with Crippen molar-refractivity contribution in [2.75, 3.05) is 5.32 Å². The number of hydrogen-bond acceptors (Lipinski definition) is 13. The Balaban J connectivity index is 1.23. The van der Waals surface area contributed by atoms with Crippen LogP contribution in [0.2, 0.25) is 0 Å². The maximum atomic E-state index is 13.8. The van der Waals surface area contributed by atoms with Crippen molar-refractivity contribution >= 4 is 52.3 Å². The van der Waals surface area contributed by atoms with Crippen LogP contribution in [-0.4, -0.2) is 79.1 Å². The van der Waals surface area contributed by atoms with Crippen LogP contribution in [0.3, 0.4) is 0 Å². The van der Waals surface area contributed by atoms with Gasteiger partial charge in [-0.05, 0) is 31.9 Å². The monoisotopic (exact) mass is 714 g/mol. The molecular weight excluding hydrogens is 680 g/mol. The number of nitrogens with zero attached hydrogens (tertiary/aromatic N) is 5. The van der Waals surface area contributed by atoms with Gasteiger partial charge in [-0.2, -0.15) is 15.0 Å². The van der Waals surface area contributed by atoms with E-state index in [9.17, 15) is 24.0 Å². The van der Waals surface area contributed by atoms with Crippen LogP contribution < -0.4 is 16.0 Å². The van der Waals surface area contributed by atoms with E-state index in [1.165, 1.54) is 16.4 Å². The molecule has 3 N–H and O–H groups in total. The molecule has 16 nitrogen and oxygen atoms in total. The van der Waals surface area contributed by atoms with E-state index in [4.69, 9.17) is 14.3 Å². The summed E-state index contributed by atoms with van der Waals surface area (Å²) in [6.07, 6.45) is 0.873. The Morgan fingerprint density at radius 2 is 1.76 bits per heavy atom. The molecule has 0 radical (unpaired) electrons. The molecule has 0 unspecified atom stereocenters. The fourth-order valence-electron chi connectivity index (χ4n) is 5.01. The van der Waals surface area contributed by atoms with Crippen molar-refractivity contribution < 1.29 is 38.3 Å². The smallest absolute Gasteiger partial charge is 0.413 e. The van der Waals surface area contributed by atoms with Gasteiger partial charge in [-0.3, -0.25) is 19.7 Å². The number of rotatable bonds is 13. The summed E-state index contributed by atoms with van der Waals surface area (Å²) in [6, 6.07) is 16.9. The standard InChI is InChI=1S/C34H34N8O8S/c1-33(2,3)49-32(47)39-31-37-24(19-51-31)26(29(45)38-25-23(36-28(25)44)17-42-35-16-22(18-43)40-42)41-50-34(14-15-34)30(46)48-27(20-10-6-4-7-11-20)21-12-8-5-9-13-21/h4-13,16,18-19,23,25,27H,14-15,17H2,1-3H3,(H,36,44)(H,38,45)(H,37,39,47)/t23-,25+/m1/s1. The summed E-state index contributed by atoms with van der Waals surface area (Å²) in [4.78, 5) is 74.7. The predicted octanol–water partition coefficient (Wildman–Crippen LogP) is 3.16. The third-order valence-corrected chi connectivity index (χ3v) is 8.48. The molecule has 2 aromatic carbocycles. The van der Waals surface area contributed by atoms with Crippen LogP contribution in [-0.2, 0) is 35.2 Å². The topological polar surface area (TPSA) is 205 Å². The summed E-state index contributed by atoms with van der Waals surface area (Å²) in [7, 11) is 0. The van der Waals surface area contributed by atoms with Gasteiger partial charge in [0.25, 0.3) is 5.91 Å². The minimum atomic E-state index is -1.47. The predicted molar refractivity (Wildman–Crippen MR) is 182 cm³/mol. The van der Waals surface area contributed by atoms with Crippen LogP contribution in [0.25, 0.3) is 0 Å². The number of ether oxygens (including phenoxy) is 2. The molecule has 1 aliphatic carbocycles. The van der Waals surface area contributed by atoms with Crippen LogP contribution in [0.15, 0.2) is 77.4 Å². The number of anilines is 1. The zero-order valence-electron chi connectivity index (χ0n) is 27.8. The van der Waals surface area contributed by atoms with Crippen LogP contribution in [0.1, 0.15) is 67.0 Å². The van der Waals surface area contributed by atoms with Crippen LogP contribution >= 0.6 is 11.3 Å². The van der Waals surface area contributed by atoms with E-state index < -0.39 is 53.3 Å². The second-order valence-corrected chi connectivity index (χ2v) is 13.7. The van der Waals surface area contributed by atoms with E-state index in [1.807, 2.05) is 60.7 Å². The summed E-state index contributed by atoms with van der Waals surface area (Å²) in [5, 5.41) is 21.5. The Hall–Kier alpha value is -5.97. The average molecular weight is 715 g/mol. The highest BCUT2D eigenvalue weighted by atomic mass is 32.1. The molecule has 17 heteroatoms. The molecule has 1 aliphatic heterocycles. The Morgan fingerprint density at radius 1 is 1.10 bits per heavy atom. The molecule has 6 rings (SSSR count). The Labute approximate surface area is 295 Å². The number of hydrogen-bond donors (Lipinski definition) is 3. The molecular formula is C34H34N8O8S. The highest BCUT2D eigenvalue weighted by Crippen LogP contribution is 2.43. The number of aromatic nitrogens is 4. The van der Waals surface area contributed by atoms with Crippen molar-refractivity contribution in [3.05, 3.63) is 94.8 Å². The van der Waals surface area contributed by atoms with E-state index in [-0.39, 0.29) is 41.6 Å². The number of esters is 1. The maximum Gasteiger partial charge on any atom is 0.413 e. The number of benzene rings is 2. The van der Waals surface area contributed by atoms with E-state index in [0.717, 1.165) is 22.5 Å². The lowest BCUT2D eigenvalue weighted by atomic mass is 9.98. The summed E-state index contributed by atoms with van der Waals surface area (Å²) in [5.41, 5.74) is -0.977. The zero-order chi connectivity index (χ0) is 36.2. The SMILES string of the molecule is CC(C)(C)OC(=O)Nc1nc(C(=NOC2(C(=O)OC(c3ccccc3)c3ccccc3)CC2)C(=O)N[C@@H]2C(=O)N[C@@H]2Cn2ncc(C=O)n2)cs1. The molecule has 2 atom stereocenters. The van der Waals surface area contributed by atoms with E-state index in [1.54, 1.807) is 20.8 Å². The lowest BCUT2D eigenvalue weighted by Crippen LogP contribution is -2.70. The second kappa shape index (κ2) is 14.5. The van der Waals surface area contributed by atoms with Gasteiger partial charge in [0.1, 0.15) is 23.0 Å². The van der Waals surface area contributed by atoms with Crippen molar-refractivity contribution in [1.29, 1.82) is 0 Å². The number of nitrogens with one attached hydrogen (secondary N) is 3. The van der Waals surface area contributed by atoms with E-state index >= 15 is 0 Å². The van der Waals surface area contributed by atoms with Crippen LogP contribution in [0, 0.1) is 0 Å². The second-order valence-electron chi connectivity index (χ2n) is 12.8. The number of carbonyl (C=O) groups excluding carboxylic acids is 5. The van der Waals surface area contributed by atoms with Gasteiger partial charge in [-0.15, -0.1) is 11.3 Å². The van der Waals surface area contributed by atoms with Crippen molar-refractivity contribution in [3.63, 3.8) is 0 Å². The van der Waals surface area contributed by atoms with Gasteiger partial charge in [0.2, 0.25) is 11.5 Å². The molecule has 4 aromatic rings. The van der Waals surface area contributed by atoms with Crippen molar-refractivity contribution in [2.24, 2.45) is 5.16 Å². The first-order valence-electron chi connectivity index (χ1n) is 15.9. The fraction of sp³-hybridized carbons (Fsp3) is 0.324. The first-order valence-corrected chi connectivity index (χ1v) is 16.8. The molecule has 0 bridgehead atoms. The van der Waals surface area contributed by atoms with Crippen molar-refractivity contribution in [2.45, 2.75) is 69.5 Å². The normalized spacial score (nSPS) is 17.8. The number of amides is 3. The summed E-state index contributed by atoms with van der Waals surface area (Å²) >= 11 is 0.996. The van der Waals surface area contributed by atoms with Crippen LogP contribution in [0.5, 0.6) is 0 Å². The van der Waals surface area contributed by atoms with Gasteiger partial charge in [0.15, 0.2) is 23.2 Å². The summed E-state index contributed by atoms with van der Waals surface area (Å²) in [6.45, 7) is 5.19. The minimum Gasteiger partial charge on any atom is -0.450 e. The van der Waals surface area contributed by atoms with Gasteiger partial charge in [0, 0.05) is 18.2 Å². The molecule has 3 heterocycles. The van der Waals surface area contributed by atoms with Gasteiger partial charge >= 0.3 is 12.1 Å². The lowest BCUT2D eigenvalue weighted by molar-refractivity contribution is -0.164. The van der Waals surface area contributed by atoms with Crippen molar-refractivity contribution in [3.8, 4) is 0 Å². The number of carbonyl (C=O) groups is 5. The molecule has 1 saturated heterocycles. The lowest BCUT2D eigenvalue weighted by Gasteiger charge is -2.36. The third-order valence-electron chi connectivity index (χ3n) is 7.72. The van der Waals surface area contributed by atoms with Gasteiger partial charge in [-0.1, -0.05) is 65.8 Å². The quantitative estimate of drug-likeness (QED) is 0.0603. The van der Waals surface area contributed by atoms with E-state index in [0.29, 0.717) is 6.29 Å². The van der Waals surface area contributed by atoms with Gasteiger partial charge in [-0.25, -0.2) is 14.6 Å². The number of aldehydes is 1. The molecule has 0 spiro atoms. The van der Waals surface area contributed by atoms with E-state index in [2.05, 4.69) is 36.3 Å². The molecule has 3 amide bonds. The third kappa shape index (κ3) is 8.43. The van der Waals surface area contributed by atoms with Crippen LogP contribution in [0.4, 0.5) is 9.93 Å². The molecule has 2 fully saturated rings. The first-order chi connectivity index (χ1) is 24.4. The highest BCUT2D eigenvalue weighted by molar-refractivity contribution is 7.14. The maximum absolute atomic E-state index is 13.8. The van der Waals surface area contributed by atoms with Gasteiger partial charge < -0.3 is 24.9 Å². The summed E-state index contributed by atoms with van der Waals surface area (Å²) < 4.78 is 11.3. The minimum absolute atomic E-state index is 0.000164. The highest BCUT2D eigenvalue weighted by Gasteiger charge is 2.56. The molecule has 2 aliphatic rings. The first kappa shape index (κ1) is 34.9. The fourth-order valence-corrected chi connectivity index (χ4v) is 5.69. The largest absolute Gasteiger partial charge is 0.450 e. The molecule has 2 aromatic heterocycles.